The Morgan fingerprint density at radius 3 is 2.75 bits per heavy atom. The van der Waals surface area contributed by atoms with Crippen LogP contribution >= 0.6 is 0 Å². The van der Waals surface area contributed by atoms with Crippen LogP contribution in [0.5, 0.6) is 11.5 Å². The Bertz CT molecular complexity index is 749. The van der Waals surface area contributed by atoms with E-state index < -0.39 is 17.7 Å². The van der Waals surface area contributed by atoms with Crippen molar-refractivity contribution in [3.05, 3.63) is 35.4 Å². The molecule has 2 N–H and O–H groups in total. The smallest absolute Gasteiger partial charge is 0.231 e. The largest absolute Gasteiger partial charge is 0.454 e. The fraction of sp³-hybridized carbons (Fsp3) is 0.556. The van der Waals surface area contributed by atoms with Gasteiger partial charge in [-0.3, -0.25) is 4.48 Å². The molecule has 0 aromatic heterocycles. The van der Waals surface area contributed by atoms with Crippen molar-refractivity contribution in [2.75, 3.05) is 27.5 Å². The summed E-state index contributed by atoms with van der Waals surface area (Å²) in [6.07, 6.45) is 3.66. The van der Waals surface area contributed by atoms with Crippen molar-refractivity contribution in [2.45, 2.75) is 36.3 Å². The Hall–Kier alpha value is -1.60. The van der Waals surface area contributed by atoms with Crippen molar-refractivity contribution in [3.8, 4) is 11.5 Å². The minimum absolute atomic E-state index is 0.00800. The molecule has 1 aliphatic carbocycles. The number of fused-ring (bicyclic) bond motifs is 2. The highest BCUT2D eigenvalue weighted by Gasteiger charge is 2.69. The Morgan fingerprint density at radius 1 is 1.25 bits per heavy atom. The predicted molar refractivity (Wildman–Crippen MR) is 84.6 cm³/mol. The van der Waals surface area contributed by atoms with Gasteiger partial charge in [-0.05, 0) is 17.7 Å². The molecule has 0 saturated carbocycles. The van der Waals surface area contributed by atoms with E-state index in [1.807, 2.05) is 25.3 Å². The van der Waals surface area contributed by atoms with Crippen LogP contribution < -0.4 is 9.47 Å². The molecule has 1 aromatic rings. The number of methoxy groups -OCH3 is 1. The third kappa shape index (κ3) is 1.51. The lowest BCUT2D eigenvalue weighted by atomic mass is 9.64. The van der Waals surface area contributed by atoms with E-state index in [9.17, 15) is 10.2 Å². The molecule has 0 radical (unpaired) electrons. The molecule has 128 valence electrons. The standard InChI is InChI=1S/C18H22NO5/c1-19-8-16(20)18(4-3-10(22-2)5-15(18)19)12-7-14-13(23-9-24-14)6-11(12)17(19)21/h3-4,6-7,10,15-17,20-21H,5,8-9H2,1-2H3/q+1/t10-,15+,16+,17+,18+,19+/m0/s1. The van der Waals surface area contributed by atoms with Gasteiger partial charge in [-0.2, -0.15) is 0 Å². The molecular formula is C18H22NO5+. The van der Waals surface area contributed by atoms with Gasteiger partial charge in [0.2, 0.25) is 13.0 Å². The second-order valence-corrected chi connectivity index (χ2v) is 7.53. The van der Waals surface area contributed by atoms with Gasteiger partial charge in [0.25, 0.3) is 0 Å². The van der Waals surface area contributed by atoms with Crippen LogP contribution in [0.1, 0.15) is 23.8 Å². The van der Waals surface area contributed by atoms with E-state index in [1.165, 1.54) is 0 Å². The second-order valence-electron chi connectivity index (χ2n) is 7.53. The summed E-state index contributed by atoms with van der Waals surface area (Å²) in [5, 5.41) is 22.2. The van der Waals surface area contributed by atoms with Gasteiger partial charge in [0.15, 0.2) is 11.5 Å². The number of benzene rings is 1. The van der Waals surface area contributed by atoms with Crippen LogP contribution in [0, 0.1) is 0 Å². The van der Waals surface area contributed by atoms with E-state index >= 15 is 0 Å². The summed E-state index contributed by atoms with van der Waals surface area (Å²) < 4.78 is 17.0. The Balaban J connectivity index is 1.79. The monoisotopic (exact) mass is 332 g/mol. The Kier molecular flexibility index (Phi) is 2.77. The van der Waals surface area contributed by atoms with E-state index in [0.29, 0.717) is 22.5 Å². The number of aliphatic hydroxyl groups is 2. The van der Waals surface area contributed by atoms with Crippen LogP contribution in [0.3, 0.4) is 0 Å². The van der Waals surface area contributed by atoms with Gasteiger partial charge in [0, 0.05) is 19.1 Å². The minimum atomic E-state index is -0.700. The molecule has 1 saturated heterocycles. The zero-order valence-electron chi connectivity index (χ0n) is 13.8. The molecule has 0 amide bonds. The number of nitrogens with zero attached hydrogens (tertiary/aromatic N) is 1. The summed E-state index contributed by atoms with van der Waals surface area (Å²) in [4.78, 5) is 0. The highest BCUT2D eigenvalue weighted by molar-refractivity contribution is 5.56. The van der Waals surface area contributed by atoms with E-state index in [2.05, 4.69) is 6.08 Å². The first-order chi connectivity index (χ1) is 11.5. The Morgan fingerprint density at radius 2 is 2.00 bits per heavy atom. The number of quaternary nitrogens is 1. The molecule has 6 heteroatoms. The maximum atomic E-state index is 11.2. The van der Waals surface area contributed by atoms with Gasteiger partial charge in [-0.25, -0.2) is 0 Å². The zero-order chi connectivity index (χ0) is 16.7. The number of aliphatic hydroxyl groups excluding tert-OH is 2. The number of hydrogen-bond acceptors (Lipinski definition) is 5. The Labute approximate surface area is 140 Å². The molecular weight excluding hydrogens is 310 g/mol. The lowest BCUT2D eigenvalue weighted by molar-refractivity contribution is -0.976. The van der Waals surface area contributed by atoms with Crippen molar-refractivity contribution >= 4 is 0 Å². The van der Waals surface area contributed by atoms with Crippen molar-refractivity contribution in [3.63, 3.8) is 0 Å². The lowest BCUT2D eigenvalue weighted by Crippen LogP contribution is -2.61. The molecule has 0 unspecified atom stereocenters. The average molecular weight is 332 g/mol. The van der Waals surface area contributed by atoms with Crippen molar-refractivity contribution in [1.29, 1.82) is 0 Å². The molecule has 5 rings (SSSR count). The van der Waals surface area contributed by atoms with Crippen molar-refractivity contribution in [1.82, 2.24) is 0 Å². The van der Waals surface area contributed by atoms with Crippen LogP contribution in [0.15, 0.2) is 24.3 Å². The average Bonchev–Trinajstić information content (AvgIpc) is 3.12. The van der Waals surface area contributed by atoms with Gasteiger partial charge in [0.05, 0.1) is 18.6 Å². The quantitative estimate of drug-likeness (QED) is 0.589. The normalized spacial score (nSPS) is 44.3. The first kappa shape index (κ1) is 14.7. The zero-order valence-corrected chi connectivity index (χ0v) is 13.8. The molecule has 1 aromatic carbocycles. The summed E-state index contributed by atoms with van der Waals surface area (Å²) in [7, 11) is 3.73. The van der Waals surface area contributed by atoms with Crippen LogP contribution in [0.2, 0.25) is 0 Å². The van der Waals surface area contributed by atoms with Gasteiger partial charge >= 0.3 is 0 Å². The topological polar surface area (TPSA) is 68.2 Å². The lowest BCUT2D eigenvalue weighted by Gasteiger charge is -2.51. The third-order valence-electron chi connectivity index (χ3n) is 6.57. The van der Waals surface area contributed by atoms with E-state index in [4.69, 9.17) is 14.2 Å². The third-order valence-corrected chi connectivity index (χ3v) is 6.57. The van der Waals surface area contributed by atoms with Crippen molar-refractivity contribution in [2.24, 2.45) is 0 Å². The number of rotatable bonds is 1. The molecule has 3 aliphatic heterocycles. The van der Waals surface area contributed by atoms with E-state index in [1.54, 1.807) is 7.11 Å². The van der Waals surface area contributed by atoms with Crippen molar-refractivity contribution < 1.29 is 28.9 Å². The maximum Gasteiger partial charge on any atom is 0.231 e. The first-order valence-corrected chi connectivity index (χ1v) is 8.38. The summed E-state index contributed by atoms with van der Waals surface area (Å²) in [6.45, 7) is 0.703. The van der Waals surface area contributed by atoms with E-state index in [0.717, 1.165) is 17.5 Å². The van der Waals surface area contributed by atoms with Crippen LogP contribution in [0.25, 0.3) is 0 Å². The van der Waals surface area contributed by atoms with Gasteiger partial charge in [-0.15, -0.1) is 0 Å². The van der Waals surface area contributed by atoms with Crippen LogP contribution in [0.4, 0.5) is 0 Å². The van der Waals surface area contributed by atoms with Gasteiger partial charge in [0.1, 0.15) is 18.7 Å². The van der Waals surface area contributed by atoms with Gasteiger partial charge in [-0.1, -0.05) is 12.2 Å². The molecule has 1 fully saturated rings. The summed E-state index contributed by atoms with van der Waals surface area (Å²) in [5.41, 5.74) is 1.27. The molecule has 4 aliphatic rings. The highest BCUT2D eigenvalue weighted by Crippen LogP contribution is 2.59. The predicted octanol–water partition coefficient (Wildman–Crippen LogP) is 0.822. The molecule has 24 heavy (non-hydrogen) atoms. The van der Waals surface area contributed by atoms with E-state index in [-0.39, 0.29) is 18.9 Å². The van der Waals surface area contributed by atoms with Crippen LogP contribution in [-0.4, -0.2) is 60.4 Å². The molecule has 0 spiro atoms. The summed E-state index contributed by atoms with van der Waals surface area (Å²) in [5.74, 6) is 1.35. The number of likely N-dealkylation sites (N-methyl/N-ethyl adjacent to an activating group) is 1. The second kappa shape index (κ2) is 4.52. The number of hydrogen-bond donors (Lipinski definition) is 2. The molecule has 6 nitrogen and oxygen atoms in total. The molecule has 2 bridgehead atoms. The fourth-order valence-electron chi connectivity index (χ4n) is 5.34. The SMILES string of the molecule is CO[C@H]1C=C[C@]23c4cc5c(cc4[C@@H](O)[N@+](C)(C[C@H]2O)[C@@H]3C1)OCO5. The highest BCUT2D eigenvalue weighted by atomic mass is 16.7. The first-order valence-electron chi connectivity index (χ1n) is 8.38. The number of ether oxygens (including phenoxy) is 3. The minimum Gasteiger partial charge on any atom is -0.454 e. The molecule has 6 atom stereocenters. The summed E-state index contributed by atoms with van der Waals surface area (Å²) >= 11 is 0. The fourth-order valence-corrected chi connectivity index (χ4v) is 5.34. The summed E-state index contributed by atoms with van der Waals surface area (Å²) in [6, 6.07) is 3.89. The maximum absolute atomic E-state index is 11.2. The van der Waals surface area contributed by atoms with Gasteiger partial charge < -0.3 is 24.4 Å². The van der Waals surface area contributed by atoms with Crippen LogP contribution in [-0.2, 0) is 10.2 Å². The molecule has 3 heterocycles.